The predicted octanol–water partition coefficient (Wildman–Crippen LogP) is 7.37. The van der Waals surface area contributed by atoms with Gasteiger partial charge in [-0.25, -0.2) is 9.18 Å². The van der Waals surface area contributed by atoms with Gasteiger partial charge in [0.15, 0.2) is 0 Å². The van der Waals surface area contributed by atoms with Crippen molar-refractivity contribution >= 4 is 44.9 Å². The van der Waals surface area contributed by atoms with Crippen LogP contribution < -0.4 is 10.1 Å². The van der Waals surface area contributed by atoms with Crippen LogP contribution in [0.25, 0.3) is 21.2 Å². The smallest absolute Gasteiger partial charge is 0.326 e. The number of aliphatic carboxylic acids is 1. The van der Waals surface area contributed by atoms with Crippen LogP contribution in [0.5, 0.6) is 5.75 Å². The lowest BCUT2D eigenvalue weighted by molar-refractivity contribution is -0.139. The van der Waals surface area contributed by atoms with Crippen molar-refractivity contribution in [1.29, 1.82) is 0 Å². The Kier molecular flexibility index (Phi) is 7.91. The second kappa shape index (κ2) is 11.7. The molecule has 0 aliphatic heterocycles. The molecule has 196 valence electrons. The molecular weight excluding hydrogens is 537 g/mol. The first-order chi connectivity index (χ1) is 18.8. The third-order valence-electron chi connectivity index (χ3n) is 6.20. The van der Waals surface area contributed by atoms with Crippen LogP contribution in [-0.4, -0.2) is 23.0 Å². The second-order valence-corrected chi connectivity index (χ2v) is 10.5. The van der Waals surface area contributed by atoms with E-state index >= 15 is 0 Å². The number of carbonyl (C=O) groups is 2. The van der Waals surface area contributed by atoms with Gasteiger partial charge >= 0.3 is 5.97 Å². The quantitative estimate of drug-likeness (QED) is 0.198. The van der Waals surface area contributed by atoms with Crippen LogP contribution in [0.3, 0.4) is 0 Å². The van der Waals surface area contributed by atoms with Crippen molar-refractivity contribution < 1.29 is 23.8 Å². The molecule has 5 aromatic rings. The first-order valence-electron chi connectivity index (χ1n) is 12.1. The van der Waals surface area contributed by atoms with E-state index in [4.69, 9.17) is 16.3 Å². The standard InChI is InChI=1S/C31H23ClFNO4S/c32-24-8-5-21(6-9-24)22-7-14-28-23(16-22)17-29(39-28)30(35)34-27(31(36)37)15-19-3-12-26(13-4-19)38-18-20-1-10-25(33)11-2-20/h1-14,16-17,27H,15,18H2,(H,34,35)(H,36,37)/t27-/m0/s1. The van der Waals surface area contributed by atoms with Gasteiger partial charge in [0.2, 0.25) is 0 Å². The molecule has 1 amide bonds. The van der Waals surface area contributed by atoms with Crippen molar-refractivity contribution in [3.8, 4) is 16.9 Å². The molecular formula is C31H23ClFNO4S. The van der Waals surface area contributed by atoms with Gasteiger partial charge in [-0.1, -0.05) is 54.1 Å². The van der Waals surface area contributed by atoms with E-state index in [1.54, 1.807) is 42.5 Å². The number of fused-ring (bicyclic) bond motifs is 1. The van der Waals surface area contributed by atoms with Gasteiger partial charge in [0.05, 0.1) is 4.88 Å². The summed E-state index contributed by atoms with van der Waals surface area (Å²) in [6, 6.07) is 27.2. The summed E-state index contributed by atoms with van der Waals surface area (Å²) in [6.07, 6.45) is 0.116. The summed E-state index contributed by atoms with van der Waals surface area (Å²) < 4.78 is 19.7. The lowest BCUT2D eigenvalue weighted by Crippen LogP contribution is -2.42. The average molecular weight is 560 g/mol. The van der Waals surface area contributed by atoms with E-state index in [2.05, 4.69) is 5.32 Å². The maximum absolute atomic E-state index is 13.1. The van der Waals surface area contributed by atoms with Gasteiger partial charge in [-0.2, -0.15) is 0 Å². The van der Waals surface area contributed by atoms with Crippen LogP contribution in [0.1, 0.15) is 20.8 Å². The number of carboxylic acids is 1. The number of amides is 1. The Morgan fingerprint density at radius 1 is 0.872 bits per heavy atom. The van der Waals surface area contributed by atoms with E-state index in [-0.39, 0.29) is 18.8 Å². The molecule has 8 heteroatoms. The molecule has 0 spiro atoms. The Morgan fingerprint density at radius 2 is 1.54 bits per heavy atom. The minimum Gasteiger partial charge on any atom is -0.489 e. The normalized spacial score (nSPS) is 11.7. The highest BCUT2D eigenvalue weighted by molar-refractivity contribution is 7.20. The van der Waals surface area contributed by atoms with Crippen LogP contribution in [0.4, 0.5) is 4.39 Å². The van der Waals surface area contributed by atoms with Gasteiger partial charge < -0.3 is 15.2 Å². The molecule has 5 nitrogen and oxygen atoms in total. The van der Waals surface area contributed by atoms with Gasteiger partial charge in [-0.05, 0) is 82.2 Å². The Morgan fingerprint density at radius 3 is 2.23 bits per heavy atom. The maximum atomic E-state index is 13.1. The molecule has 0 aliphatic rings. The number of hydrogen-bond donors (Lipinski definition) is 2. The number of hydrogen-bond acceptors (Lipinski definition) is 4. The van der Waals surface area contributed by atoms with Crippen molar-refractivity contribution in [2.45, 2.75) is 19.1 Å². The molecule has 1 aromatic heterocycles. The molecule has 0 unspecified atom stereocenters. The van der Waals surface area contributed by atoms with Gasteiger partial charge in [0.1, 0.15) is 24.2 Å². The molecule has 1 heterocycles. The SMILES string of the molecule is O=C(N[C@@H](Cc1ccc(OCc2ccc(F)cc2)cc1)C(=O)O)c1cc2cc(-c3ccc(Cl)cc3)ccc2s1. The maximum Gasteiger partial charge on any atom is 0.326 e. The van der Waals surface area contributed by atoms with E-state index in [1.165, 1.54) is 23.5 Å². The highest BCUT2D eigenvalue weighted by Crippen LogP contribution is 2.31. The zero-order chi connectivity index (χ0) is 27.4. The van der Waals surface area contributed by atoms with Crippen LogP contribution in [0, 0.1) is 5.82 Å². The Labute approximate surface area is 233 Å². The zero-order valence-electron chi connectivity index (χ0n) is 20.6. The van der Waals surface area contributed by atoms with Gasteiger partial charge in [0.25, 0.3) is 5.91 Å². The molecule has 0 bridgehead atoms. The largest absolute Gasteiger partial charge is 0.489 e. The van der Waals surface area contributed by atoms with Crippen LogP contribution in [0.2, 0.25) is 5.02 Å². The van der Waals surface area contributed by atoms with Crippen molar-refractivity contribution in [3.05, 3.63) is 124 Å². The van der Waals surface area contributed by atoms with Gasteiger partial charge in [0, 0.05) is 16.1 Å². The van der Waals surface area contributed by atoms with E-state index in [1.807, 2.05) is 42.5 Å². The van der Waals surface area contributed by atoms with Crippen LogP contribution in [0.15, 0.2) is 97.1 Å². The summed E-state index contributed by atoms with van der Waals surface area (Å²) in [5.74, 6) is -1.26. The van der Waals surface area contributed by atoms with Crippen LogP contribution in [-0.2, 0) is 17.8 Å². The first kappa shape index (κ1) is 26.4. The summed E-state index contributed by atoms with van der Waals surface area (Å²) in [7, 11) is 0. The molecule has 39 heavy (non-hydrogen) atoms. The van der Waals surface area contributed by atoms with E-state index in [0.29, 0.717) is 15.6 Å². The molecule has 5 rings (SSSR count). The summed E-state index contributed by atoms with van der Waals surface area (Å²) in [5.41, 5.74) is 3.58. The first-order valence-corrected chi connectivity index (χ1v) is 13.3. The molecule has 0 saturated heterocycles. The summed E-state index contributed by atoms with van der Waals surface area (Å²) in [4.78, 5) is 25.4. The molecule has 0 saturated carbocycles. The second-order valence-electron chi connectivity index (χ2n) is 9.00. The highest BCUT2D eigenvalue weighted by Gasteiger charge is 2.22. The third-order valence-corrected chi connectivity index (χ3v) is 7.57. The monoisotopic (exact) mass is 559 g/mol. The summed E-state index contributed by atoms with van der Waals surface area (Å²) >= 11 is 7.31. The number of carbonyl (C=O) groups excluding carboxylic acids is 1. The number of rotatable bonds is 9. The Bertz CT molecular complexity index is 1620. The number of ether oxygens (including phenoxy) is 1. The molecule has 4 aromatic carbocycles. The third kappa shape index (κ3) is 6.63. The fourth-order valence-corrected chi connectivity index (χ4v) is 5.18. The van der Waals surface area contributed by atoms with E-state index in [9.17, 15) is 19.1 Å². The highest BCUT2D eigenvalue weighted by atomic mass is 35.5. The van der Waals surface area contributed by atoms with E-state index < -0.39 is 17.9 Å². The van der Waals surface area contributed by atoms with Crippen molar-refractivity contribution in [2.24, 2.45) is 0 Å². The van der Waals surface area contributed by atoms with Crippen LogP contribution >= 0.6 is 22.9 Å². The number of halogens is 2. The fraction of sp³-hybridized carbons (Fsp3) is 0.0968. The molecule has 0 radical (unpaired) electrons. The topological polar surface area (TPSA) is 75.6 Å². The molecule has 2 N–H and O–H groups in total. The number of carboxylic acid groups (broad SMARTS) is 1. The minimum atomic E-state index is -1.12. The molecule has 0 fully saturated rings. The zero-order valence-corrected chi connectivity index (χ0v) is 22.1. The fourth-order valence-electron chi connectivity index (χ4n) is 4.11. The van der Waals surface area contributed by atoms with Gasteiger partial charge in [-0.3, -0.25) is 4.79 Å². The minimum absolute atomic E-state index is 0.116. The van der Waals surface area contributed by atoms with E-state index in [0.717, 1.165) is 32.3 Å². The van der Waals surface area contributed by atoms with Crippen molar-refractivity contribution in [3.63, 3.8) is 0 Å². The number of benzene rings is 4. The predicted molar refractivity (Wildman–Crippen MR) is 152 cm³/mol. The lowest BCUT2D eigenvalue weighted by Gasteiger charge is -2.14. The Balaban J connectivity index is 1.23. The van der Waals surface area contributed by atoms with Crippen molar-refractivity contribution in [1.82, 2.24) is 5.32 Å². The summed E-state index contributed by atoms with van der Waals surface area (Å²) in [5, 5.41) is 14.0. The average Bonchev–Trinajstić information content (AvgIpc) is 3.37. The lowest BCUT2D eigenvalue weighted by atomic mass is 10.0. The molecule has 1 atom stereocenters. The van der Waals surface area contributed by atoms with Gasteiger partial charge in [-0.15, -0.1) is 11.3 Å². The molecule has 0 aliphatic carbocycles. The Hall–Kier alpha value is -4.20. The number of nitrogens with one attached hydrogen (secondary N) is 1. The number of thiophene rings is 1. The summed E-state index contributed by atoms with van der Waals surface area (Å²) in [6.45, 7) is 0.282. The van der Waals surface area contributed by atoms with Crippen molar-refractivity contribution in [2.75, 3.05) is 0 Å².